The fourth-order valence-corrected chi connectivity index (χ4v) is 3.18. The maximum absolute atomic E-state index is 13.8. The summed E-state index contributed by atoms with van der Waals surface area (Å²) in [5.41, 5.74) is 0.308. The Balaban J connectivity index is 1.49. The van der Waals surface area contributed by atoms with Gasteiger partial charge in [0, 0.05) is 29.7 Å². The van der Waals surface area contributed by atoms with E-state index in [1.165, 1.54) is 18.9 Å². The fraction of sp³-hybridized carbons (Fsp3) is 0.588. The Bertz CT molecular complexity index is 519. The van der Waals surface area contributed by atoms with Crippen LogP contribution in [-0.4, -0.2) is 36.5 Å². The number of amides is 1. The predicted octanol–water partition coefficient (Wildman–Crippen LogP) is 3.01. The van der Waals surface area contributed by atoms with Gasteiger partial charge < -0.3 is 10.2 Å². The minimum atomic E-state index is -0.401. The van der Waals surface area contributed by atoms with Crippen molar-refractivity contribution in [3.63, 3.8) is 0 Å². The van der Waals surface area contributed by atoms with Gasteiger partial charge in [-0.15, -0.1) is 0 Å². The molecule has 5 heteroatoms. The van der Waals surface area contributed by atoms with Gasteiger partial charge in [0.25, 0.3) is 0 Å². The number of rotatable bonds is 5. The molecule has 1 aliphatic heterocycles. The van der Waals surface area contributed by atoms with Crippen LogP contribution in [0.2, 0.25) is 5.02 Å². The normalized spacial score (nSPS) is 19.5. The van der Waals surface area contributed by atoms with Gasteiger partial charge in [0.1, 0.15) is 5.82 Å². The van der Waals surface area contributed by atoms with Crippen molar-refractivity contribution < 1.29 is 9.18 Å². The lowest BCUT2D eigenvalue weighted by Gasteiger charge is -2.32. The molecule has 1 amide bonds. The quantitative estimate of drug-likeness (QED) is 0.903. The number of carbonyl (C=O) groups excluding carboxylic acids is 1. The Morgan fingerprint density at radius 3 is 2.64 bits per heavy atom. The van der Waals surface area contributed by atoms with Crippen LogP contribution in [0.15, 0.2) is 18.2 Å². The summed E-state index contributed by atoms with van der Waals surface area (Å²) in [6.45, 7) is 2.60. The Morgan fingerprint density at radius 2 is 2.00 bits per heavy atom. The number of piperidine rings is 1. The number of hydrogen-bond acceptors (Lipinski definition) is 2. The van der Waals surface area contributed by atoms with Crippen molar-refractivity contribution in [2.45, 2.75) is 38.1 Å². The van der Waals surface area contributed by atoms with Crippen LogP contribution in [0, 0.1) is 11.7 Å². The number of nitrogens with one attached hydrogen (secondary N) is 1. The highest BCUT2D eigenvalue weighted by atomic mass is 35.5. The fourth-order valence-electron chi connectivity index (χ4n) is 2.95. The number of nitrogens with zero attached hydrogens (tertiary/aromatic N) is 1. The highest BCUT2D eigenvalue weighted by Gasteiger charge is 2.26. The van der Waals surface area contributed by atoms with Gasteiger partial charge in [-0.25, -0.2) is 4.39 Å². The monoisotopic (exact) mass is 324 g/mol. The number of benzene rings is 1. The topological polar surface area (TPSA) is 32.3 Å². The van der Waals surface area contributed by atoms with Gasteiger partial charge in [0.05, 0.1) is 6.42 Å². The number of likely N-dealkylation sites (tertiary alicyclic amines) is 1. The van der Waals surface area contributed by atoms with Gasteiger partial charge >= 0.3 is 0 Å². The molecule has 0 atom stereocenters. The molecule has 1 aliphatic carbocycles. The third kappa shape index (κ3) is 3.99. The standard InChI is InChI=1S/C17H22ClFN2O/c18-15-2-1-3-16(19)14(15)10-17(22)21-8-6-13(7-9-21)20-11-12-4-5-12/h1-3,12-13,20H,4-11H2. The number of hydrogen-bond donors (Lipinski definition) is 1. The second kappa shape index (κ2) is 6.97. The van der Waals surface area contributed by atoms with Gasteiger partial charge in [-0.2, -0.15) is 0 Å². The third-order valence-corrected chi connectivity index (χ3v) is 4.98. The van der Waals surface area contributed by atoms with E-state index in [1.807, 2.05) is 4.90 Å². The van der Waals surface area contributed by atoms with Crippen LogP contribution < -0.4 is 5.32 Å². The summed E-state index contributed by atoms with van der Waals surface area (Å²) in [7, 11) is 0. The molecule has 1 aromatic carbocycles. The smallest absolute Gasteiger partial charge is 0.227 e. The Morgan fingerprint density at radius 1 is 1.27 bits per heavy atom. The SMILES string of the molecule is O=C(Cc1c(F)cccc1Cl)N1CCC(NCC2CC2)CC1. The molecular weight excluding hydrogens is 303 g/mol. The minimum absolute atomic E-state index is 0.0346. The van der Waals surface area contributed by atoms with Crippen molar-refractivity contribution in [1.29, 1.82) is 0 Å². The van der Waals surface area contributed by atoms with E-state index in [1.54, 1.807) is 12.1 Å². The zero-order valence-electron chi connectivity index (χ0n) is 12.7. The van der Waals surface area contributed by atoms with E-state index in [2.05, 4.69) is 5.32 Å². The van der Waals surface area contributed by atoms with E-state index in [0.717, 1.165) is 38.4 Å². The highest BCUT2D eigenvalue weighted by molar-refractivity contribution is 6.31. The minimum Gasteiger partial charge on any atom is -0.342 e. The third-order valence-electron chi connectivity index (χ3n) is 4.63. The molecular formula is C17H22ClFN2O. The van der Waals surface area contributed by atoms with E-state index in [-0.39, 0.29) is 12.3 Å². The van der Waals surface area contributed by atoms with Gasteiger partial charge in [-0.3, -0.25) is 4.79 Å². The summed E-state index contributed by atoms with van der Waals surface area (Å²) in [4.78, 5) is 14.2. The van der Waals surface area contributed by atoms with Gasteiger partial charge in [0.2, 0.25) is 5.91 Å². The molecule has 0 radical (unpaired) electrons. The van der Waals surface area contributed by atoms with Crippen LogP contribution in [0.1, 0.15) is 31.2 Å². The zero-order valence-corrected chi connectivity index (χ0v) is 13.4. The van der Waals surface area contributed by atoms with Crippen molar-refractivity contribution in [3.8, 4) is 0 Å². The molecule has 0 spiro atoms. The summed E-state index contributed by atoms with van der Waals surface area (Å²) in [6, 6.07) is 5.05. The van der Waals surface area contributed by atoms with Crippen LogP contribution in [0.5, 0.6) is 0 Å². The Kier molecular flexibility index (Phi) is 4.99. The summed E-state index contributed by atoms with van der Waals surface area (Å²) in [6.07, 6.45) is 4.71. The molecule has 3 rings (SSSR count). The molecule has 120 valence electrons. The van der Waals surface area contributed by atoms with Gasteiger partial charge in [-0.05, 0) is 50.3 Å². The maximum Gasteiger partial charge on any atom is 0.227 e. The second-order valence-corrected chi connectivity index (χ2v) is 6.79. The molecule has 0 bridgehead atoms. The van der Waals surface area contributed by atoms with Crippen molar-refractivity contribution in [1.82, 2.24) is 10.2 Å². The number of carbonyl (C=O) groups is 1. The van der Waals surface area contributed by atoms with Crippen LogP contribution in [0.3, 0.4) is 0 Å². The molecule has 1 aromatic rings. The molecule has 22 heavy (non-hydrogen) atoms. The lowest BCUT2D eigenvalue weighted by Crippen LogP contribution is -2.45. The van der Waals surface area contributed by atoms with E-state index in [9.17, 15) is 9.18 Å². The van der Waals surface area contributed by atoms with Crippen molar-refractivity contribution >= 4 is 17.5 Å². The number of halogens is 2. The lowest BCUT2D eigenvalue weighted by molar-refractivity contribution is -0.131. The van der Waals surface area contributed by atoms with Crippen molar-refractivity contribution in [2.24, 2.45) is 5.92 Å². The lowest BCUT2D eigenvalue weighted by atomic mass is 10.0. The van der Waals surface area contributed by atoms with Crippen LogP contribution >= 0.6 is 11.6 Å². The molecule has 1 saturated heterocycles. The van der Waals surface area contributed by atoms with Crippen LogP contribution in [-0.2, 0) is 11.2 Å². The molecule has 3 nitrogen and oxygen atoms in total. The van der Waals surface area contributed by atoms with Crippen LogP contribution in [0.25, 0.3) is 0 Å². The first-order chi connectivity index (χ1) is 10.6. The summed E-state index contributed by atoms with van der Waals surface area (Å²) in [5.74, 6) is 0.442. The molecule has 2 aliphatic rings. The Hall–Kier alpha value is -1.13. The molecule has 1 saturated carbocycles. The van der Waals surface area contributed by atoms with E-state index in [4.69, 9.17) is 11.6 Å². The first kappa shape index (κ1) is 15.8. The van der Waals surface area contributed by atoms with E-state index >= 15 is 0 Å². The maximum atomic E-state index is 13.8. The Labute approximate surface area is 135 Å². The van der Waals surface area contributed by atoms with Crippen LogP contribution in [0.4, 0.5) is 4.39 Å². The second-order valence-electron chi connectivity index (χ2n) is 6.38. The van der Waals surface area contributed by atoms with Crippen molar-refractivity contribution in [3.05, 3.63) is 34.6 Å². The molecule has 0 aromatic heterocycles. The predicted molar refractivity (Wildman–Crippen MR) is 85.4 cm³/mol. The highest BCUT2D eigenvalue weighted by Crippen LogP contribution is 2.28. The summed E-state index contributed by atoms with van der Waals surface area (Å²) >= 11 is 5.99. The van der Waals surface area contributed by atoms with E-state index in [0.29, 0.717) is 16.6 Å². The molecule has 0 unspecified atom stereocenters. The summed E-state index contributed by atoms with van der Waals surface area (Å²) in [5, 5.41) is 3.92. The van der Waals surface area contributed by atoms with Gasteiger partial charge in [0.15, 0.2) is 0 Å². The summed E-state index contributed by atoms with van der Waals surface area (Å²) < 4.78 is 13.8. The molecule has 2 fully saturated rings. The average molecular weight is 325 g/mol. The van der Waals surface area contributed by atoms with Crippen molar-refractivity contribution in [2.75, 3.05) is 19.6 Å². The molecule has 1 N–H and O–H groups in total. The average Bonchev–Trinajstić information content (AvgIpc) is 3.34. The van der Waals surface area contributed by atoms with E-state index < -0.39 is 5.82 Å². The zero-order chi connectivity index (χ0) is 15.5. The first-order valence-electron chi connectivity index (χ1n) is 8.07. The largest absolute Gasteiger partial charge is 0.342 e. The molecule has 1 heterocycles. The van der Waals surface area contributed by atoms with Gasteiger partial charge in [-0.1, -0.05) is 17.7 Å². The first-order valence-corrected chi connectivity index (χ1v) is 8.45.